The molecule has 0 spiro atoms. The number of carbonyl (C=O) groups is 1. The Kier molecular flexibility index (Phi) is 3.19. The molecule has 1 aromatic carbocycles. The van der Waals surface area contributed by atoms with Crippen molar-refractivity contribution in [3.8, 4) is 5.75 Å². The molecule has 0 fully saturated rings. The molecule has 1 aromatic rings. The molecule has 2 N–H and O–H groups in total. The molecule has 0 saturated heterocycles. The van der Waals surface area contributed by atoms with Crippen LogP contribution in [-0.4, -0.2) is 22.9 Å². The highest BCUT2D eigenvalue weighted by Crippen LogP contribution is 2.30. The quantitative estimate of drug-likeness (QED) is 0.797. The molecule has 0 heterocycles. The van der Waals surface area contributed by atoms with Crippen LogP contribution in [0.4, 0.5) is 10.5 Å². The summed E-state index contributed by atoms with van der Waals surface area (Å²) in [6.45, 7) is 1.93. The van der Waals surface area contributed by atoms with Crippen molar-refractivity contribution in [2.24, 2.45) is 0 Å². The Morgan fingerprint density at radius 1 is 1.57 bits per heavy atom. The third kappa shape index (κ3) is 2.09. The molecule has 0 saturated carbocycles. The first-order chi connectivity index (χ1) is 6.56. The van der Waals surface area contributed by atoms with Gasteiger partial charge in [-0.15, -0.1) is 0 Å². The summed E-state index contributed by atoms with van der Waals surface area (Å²) in [6.07, 6.45) is -1.12. The molecule has 0 aliphatic rings. The minimum Gasteiger partial charge on any atom is -0.506 e. The zero-order chi connectivity index (χ0) is 10.7. The summed E-state index contributed by atoms with van der Waals surface area (Å²) in [7, 11) is 0. The van der Waals surface area contributed by atoms with E-state index in [4.69, 9.17) is 16.7 Å². The summed E-state index contributed by atoms with van der Waals surface area (Å²) in [4.78, 5) is 11.8. The van der Waals surface area contributed by atoms with Crippen LogP contribution in [0.5, 0.6) is 5.75 Å². The Morgan fingerprint density at radius 3 is 2.71 bits per heavy atom. The van der Waals surface area contributed by atoms with Crippen LogP contribution in [0.3, 0.4) is 0 Å². The molecule has 0 aliphatic heterocycles. The highest BCUT2D eigenvalue weighted by molar-refractivity contribution is 6.31. The van der Waals surface area contributed by atoms with E-state index < -0.39 is 6.09 Å². The number of anilines is 1. The monoisotopic (exact) mass is 215 g/mol. The van der Waals surface area contributed by atoms with Gasteiger partial charge in [-0.25, -0.2) is 4.79 Å². The van der Waals surface area contributed by atoms with E-state index in [2.05, 4.69) is 0 Å². The van der Waals surface area contributed by atoms with Gasteiger partial charge in [0, 0.05) is 11.6 Å². The van der Waals surface area contributed by atoms with Crippen molar-refractivity contribution < 1.29 is 15.0 Å². The van der Waals surface area contributed by atoms with E-state index in [-0.39, 0.29) is 18.0 Å². The highest BCUT2D eigenvalue weighted by Gasteiger charge is 2.15. The number of carboxylic acid groups (broad SMARTS) is 1. The Bertz CT molecular complexity index is 354. The van der Waals surface area contributed by atoms with Gasteiger partial charge in [-0.3, -0.25) is 4.90 Å². The van der Waals surface area contributed by atoms with Crippen LogP contribution >= 0.6 is 11.6 Å². The normalized spacial score (nSPS) is 9.86. The van der Waals surface area contributed by atoms with E-state index in [1.807, 2.05) is 0 Å². The van der Waals surface area contributed by atoms with Gasteiger partial charge in [-0.2, -0.15) is 0 Å². The third-order valence-electron chi connectivity index (χ3n) is 1.78. The number of hydrogen-bond acceptors (Lipinski definition) is 2. The lowest BCUT2D eigenvalue weighted by Gasteiger charge is -2.18. The second kappa shape index (κ2) is 4.19. The maximum Gasteiger partial charge on any atom is 0.411 e. The number of nitrogens with zero attached hydrogens (tertiary/aromatic N) is 1. The summed E-state index contributed by atoms with van der Waals surface area (Å²) in [6, 6.07) is 4.27. The molecular weight excluding hydrogens is 206 g/mol. The number of phenolic OH excluding ortho intramolecular Hbond substituents is 1. The van der Waals surface area contributed by atoms with Crippen LogP contribution in [0.25, 0.3) is 0 Å². The largest absolute Gasteiger partial charge is 0.506 e. The lowest BCUT2D eigenvalue weighted by Crippen LogP contribution is -2.28. The number of benzene rings is 1. The van der Waals surface area contributed by atoms with Crippen molar-refractivity contribution in [3.05, 3.63) is 23.2 Å². The van der Waals surface area contributed by atoms with E-state index in [1.54, 1.807) is 6.92 Å². The van der Waals surface area contributed by atoms with E-state index in [9.17, 15) is 9.90 Å². The summed E-state index contributed by atoms with van der Waals surface area (Å²) in [5.74, 6) is -0.0985. The Balaban J connectivity index is 3.15. The van der Waals surface area contributed by atoms with Crippen LogP contribution in [0.1, 0.15) is 6.92 Å². The number of phenols is 1. The first-order valence-corrected chi connectivity index (χ1v) is 4.43. The van der Waals surface area contributed by atoms with E-state index >= 15 is 0 Å². The van der Waals surface area contributed by atoms with Gasteiger partial charge < -0.3 is 10.2 Å². The zero-order valence-electron chi connectivity index (χ0n) is 7.57. The van der Waals surface area contributed by atoms with Gasteiger partial charge in [-0.05, 0) is 25.1 Å². The number of hydrogen-bond donors (Lipinski definition) is 2. The van der Waals surface area contributed by atoms with Crippen LogP contribution < -0.4 is 4.90 Å². The van der Waals surface area contributed by atoms with Crippen molar-refractivity contribution in [2.75, 3.05) is 11.4 Å². The van der Waals surface area contributed by atoms with Crippen molar-refractivity contribution in [1.29, 1.82) is 0 Å². The van der Waals surface area contributed by atoms with Crippen molar-refractivity contribution in [2.45, 2.75) is 6.92 Å². The van der Waals surface area contributed by atoms with Crippen LogP contribution in [0, 0.1) is 0 Å². The minimum atomic E-state index is -1.12. The second-order valence-electron chi connectivity index (χ2n) is 2.66. The number of aromatic hydroxyl groups is 1. The van der Waals surface area contributed by atoms with Gasteiger partial charge in [0.25, 0.3) is 0 Å². The van der Waals surface area contributed by atoms with Gasteiger partial charge >= 0.3 is 6.09 Å². The maximum absolute atomic E-state index is 10.8. The fourth-order valence-corrected chi connectivity index (χ4v) is 1.29. The predicted molar refractivity (Wildman–Crippen MR) is 54.2 cm³/mol. The molecule has 0 unspecified atom stereocenters. The fraction of sp³-hybridized carbons (Fsp3) is 0.222. The summed E-state index contributed by atoms with van der Waals surface area (Å²) in [5.41, 5.74) is 0.201. The Morgan fingerprint density at radius 2 is 2.21 bits per heavy atom. The average molecular weight is 216 g/mol. The standard InChI is InChI=1S/C9H10ClNO3/c1-2-11(9(13)14)7-5-6(10)3-4-8(7)12/h3-5,12H,2H2,1H3,(H,13,14). The molecule has 0 aliphatic carbocycles. The molecular formula is C9H10ClNO3. The maximum atomic E-state index is 10.8. The molecule has 1 rings (SSSR count). The van der Waals surface area contributed by atoms with E-state index in [0.717, 1.165) is 4.90 Å². The number of amides is 1. The predicted octanol–water partition coefficient (Wildman–Crippen LogP) is 2.55. The topological polar surface area (TPSA) is 60.8 Å². The van der Waals surface area contributed by atoms with Crippen LogP contribution in [-0.2, 0) is 0 Å². The SMILES string of the molecule is CCN(C(=O)O)c1cc(Cl)ccc1O. The first-order valence-electron chi connectivity index (χ1n) is 4.05. The molecule has 0 radical (unpaired) electrons. The van der Waals surface area contributed by atoms with Crippen molar-refractivity contribution >= 4 is 23.4 Å². The molecule has 0 bridgehead atoms. The number of rotatable bonds is 2. The molecule has 14 heavy (non-hydrogen) atoms. The van der Waals surface area contributed by atoms with Gasteiger partial charge in [-0.1, -0.05) is 11.6 Å². The van der Waals surface area contributed by atoms with Gasteiger partial charge in [0.15, 0.2) is 0 Å². The second-order valence-corrected chi connectivity index (χ2v) is 3.10. The van der Waals surface area contributed by atoms with Gasteiger partial charge in [0.2, 0.25) is 0 Å². The van der Waals surface area contributed by atoms with E-state index in [1.165, 1.54) is 18.2 Å². The summed E-state index contributed by atoms with van der Waals surface area (Å²) >= 11 is 5.69. The molecule has 0 aromatic heterocycles. The lowest BCUT2D eigenvalue weighted by atomic mass is 10.2. The van der Waals surface area contributed by atoms with Crippen LogP contribution in [0.2, 0.25) is 5.02 Å². The van der Waals surface area contributed by atoms with E-state index in [0.29, 0.717) is 5.02 Å². The van der Waals surface area contributed by atoms with Crippen molar-refractivity contribution in [1.82, 2.24) is 0 Å². The smallest absolute Gasteiger partial charge is 0.411 e. The summed E-state index contributed by atoms with van der Waals surface area (Å²) < 4.78 is 0. The van der Waals surface area contributed by atoms with Crippen LogP contribution in [0.15, 0.2) is 18.2 Å². The summed E-state index contributed by atoms with van der Waals surface area (Å²) in [5, 5.41) is 18.6. The van der Waals surface area contributed by atoms with Gasteiger partial charge in [0.1, 0.15) is 5.75 Å². The molecule has 76 valence electrons. The molecule has 1 amide bonds. The Labute approximate surface area is 86.3 Å². The van der Waals surface area contributed by atoms with Gasteiger partial charge in [0.05, 0.1) is 5.69 Å². The average Bonchev–Trinajstić information content (AvgIpc) is 2.11. The molecule has 5 heteroatoms. The lowest BCUT2D eigenvalue weighted by molar-refractivity contribution is 0.202. The Hall–Kier alpha value is -1.42. The molecule has 0 atom stereocenters. The van der Waals surface area contributed by atoms with Crippen molar-refractivity contribution in [3.63, 3.8) is 0 Å². The third-order valence-corrected chi connectivity index (χ3v) is 2.01. The number of halogens is 1. The minimum absolute atomic E-state index is 0.0985. The highest BCUT2D eigenvalue weighted by atomic mass is 35.5. The first kappa shape index (κ1) is 10.7. The fourth-order valence-electron chi connectivity index (χ4n) is 1.12. The molecule has 4 nitrogen and oxygen atoms in total. The zero-order valence-corrected chi connectivity index (χ0v) is 8.32.